The minimum Gasteiger partial charge on any atom is -0.456 e. The molecule has 0 N–H and O–H groups in total. The van der Waals surface area contributed by atoms with Gasteiger partial charge in [-0.1, -0.05) is 117 Å². The molecule has 0 spiro atoms. The summed E-state index contributed by atoms with van der Waals surface area (Å²) < 4.78 is 8.83. The SMILES string of the molecule is CC1(C)c2cc3oc4ccccc4c3cc2-c2cc3c4ccccc4n(-c4ccc(C5=CC=C6c7ccccc7C7=CC=CC5C76)cc4)c3cc21. The number of fused-ring (bicyclic) bond motifs is 12. The number of allylic oxidation sites excluding steroid dienone is 8. The predicted molar refractivity (Wildman–Crippen MR) is 212 cm³/mol. The van der Waals surface area contributed by atoms with Crippen LogP contribution in [0.2, 0.25) is 0 Å². The zero-order valence-corrected chi connectivity index (χ0v) is 28.4. The maximum atomic E-state index is 6.36. The van der Waals surface area contributed by atoms with Crippen LogP contribution in [0.3, 0.4) is 0 Å². The van der Waals surface area contributed by atoms with E-state index >= 15 is 0 Å². The van der Waals surface area contributed by atoms with E-state index in [2.05, 4.69) is 164 Å². The molecule has 0 saturated carbocycles. The summed E-state index contributed by atoms with van der Waals surface area (Å²) >= 11 is 0. The first-order valence-corrected chi connectivity index (χ1v) is 18.1. The molecule has 51 heavy (non-hydrogen) atoms. The number of para-hydroxylation sites is 2. The van der Waals surface area contributed by atoms with Gasteiger partial charge in [0.05, 0.1) is 11.0 Å². The highest BCUT2D eigenvalue weighted by atomic mass is 16.3. The number of hydrogen-bond acceptors (Lipinski definition) is 1. The zero-order chi connectivity index (χ0) is 33.6. The molecule has 2 heterocycles. The zero-order valence-electron chi connectivity index (χ0n) is 28.4. The van der Waals surface area contributed by atoms with Gasteiger partial charge in [0.15, 0.2) is 0 Å². The fraction of sp³-hybridized carbons (Fsp3) is 0.102. The van der Waals surface area contributed by atoms with Crippen LogP contribution in [0, 0.1) is 11.8 Å². The van der Waals surface area contributed by atoms with E-state index in [1.54, 1.807) is 0 Å². The van der Waals surface area contributed by atoms with Crippen LogP contribution in [0.1, 0.15) is 41.7 Å². The molecule has 8 aromatic rings. The van der Waals surface area contributed by atoms with E-state index in [1.165, 1.54) is 93.9 Å². The fourth-order valence-electron chi connectivity index (χ4n) is 10.0. The van der Waals surface area contributed by atoms with Crippen molar-refractivity contribution >= 4 is 60.5 Å². The van der Waals surface area contributed by atoms with Gasteiger partial charge in [-0.05, 0) is 104 Å². The van der Waals surface area contributed by atoms with Crippen molar-refractivity contribution in [2.24, 2.45) is 11.8 Å². The molecular formula is C49H33NO. The van der Waals surface area contributed by atoms with Crippen LogP contribution >= 0.6 is 0 Å². The van der Waals surface area contributed by atoms with E-state index < -0.39 is 0 Å². The molecule has 0 saturated heterocycles. The quantitative estimate of drug-likeness (QED) is 0.182. The molecule has 0 fully saturated rings. The van der Waals surface area contributed by atoms with Crippen molar-refractivity contribution in [2.45, 2.75) is 19.3 Å². The van der Waals surface area contributed by atoms with Crippen LogP contribution < -0.4 is 0 Å². The first kappa shape index (κ1) is 27.7. The first-order valence-electron chi connectivity index (χ1n) is 18.1. The van der Waals surface area contributed by atoms with E-state index in [0.29, 0.717) is 11.8 Å². The minimum absolute atomic E-state index is 0.169. The van der Waals surface area contributed by atoms with E-state index in [0.717, 1.165) is 11.2 Å². The van der Waals surface area contributed by atoms with Crippen molar-refractivity contribution in [3.63, 3.8) is 0 Å². The highest BCUT2D eigenvalue weighted by Gasteiger charge is 2.41. The predicted octanol–water partition coefficient (Wildman–Crippen LogP) is 12.7. The molecule has 0 radical (unpaired) electrons. The lowest BCUT2D eigenvalue weighted by atomic mass is 9.72. The molecule has 2 nitrogen and oxygen atoms in total. The maximum Gasteiger partial charge on any atom is 0.135 e. The molecule has 2 aromatic heterocycles. The monoisotopic (exact) mass is 651 g/mol. The Morgan fingerprint density at radius 3 is 2.02 bits per heavy atom. The third-order valence-corrected chi connectivity index (χ3v) is 12.4. The second kappa shape index (κ2) is 9.56. The van der Waals surface area contributed by atoms with Crippen molar-refractivity contribution in [3.8, 4) is 16.8 Å². The third-order valence-electron chi connectivity index (χ3n) is 12.4. The Labute approximate surface area is 296 Å². The topological polar surface area (TPSA) is 18.1 Å². The number of nitrogens with zero attached hydrogens (tertiary/aromatic N) is 1. The van der Waals surface area contributed by atoms with Crippen molar-refractivity contribution in [1.82, 2.24) is 4.57 Å². The first-order chi connectivity index (χ1) is 25.0. The molecule has 6 aromatic carbocycles. The van der Waals surface area contributed by atoms with Crippen LogP contribution in [-0.4, -0.2) is 4.57 Å². The summed E-state index contributed by atoms with van der Waals surface area (Å²) in [6.45, 7) is 4.72. The number of furan rings is 1. The number of benzene rings is 6. The summed E-state index contributed by atoms with van der Waals surface area (Å²) in [5.41, 5.74) is 19.1. The second-order valence-electron chi connectivity index (χ2n) is 15.2. The van der Waals surface area contributed by atoms with Crippen molar-refractivity contribution in [3.05, 3.63) is 180 Å². The van der Waals surface area contributed by atoms with E-state index in [9.17, 15) is 0 Å². The normalized spacial score (nSPS) is 19.2. The molecule has 0 amide bonds. The van der Waals surface area contributed by atoms with Gasteiger partial charge < -0.3 is 8.98 Å². The molecule has 2 heteroatoms. The number of hydrogen-bond donors (Lipinski definition) is 0. The summed E-state index contributed by atoms with van der Waals surface area (Å²) in [5, 5.41) is 4.92. The lowest BCUT2D eigenvalue weighted by Crippen LogP contribution is -2.18. The summed E-state index contributed by atoms with van der Waals surface area (Å²) in [6, 6.07) is 45.1. The molecule has 2 atom stereocenters. The number of aromatic nitrogens is 1. The van der Waals surface area contributed by atoms with Crippen molar-refractivity contribution in [2.75, 3.05) is 0 Å². The highest BCUT2D eigenvalue weighted by Crippen LogP contribution is 2.56. The van der Waals surface area contributed by atoms with E-state index in [1.807, 2.05) is 6.07 Å². The Kier molecular flexibility index (Phi) is 5.19. The molecule has 0 bridgehead atoms. The van der Waals surface area contributed by atoms with Crippen LogP contribution in [0.5, 0.6) is 0 Å². The molecule has 240 valence electrons. The summed E-state index contributed by atoms with van der Waals surface area (Å²) in [5.74, 6) is 0.727. The van der Waals surface area contributed by atoms with Crippen molar-refractivity contribution in [1.29, 1.82) is 0 Å². The van der Waals surface area contributed by atoms with Gasteiger partial charge in [0.2, 0.25) is 0 Å². The van der Waals surface area contributed by atoms with Gasteiger partial charge in [-0.2, -0.15) is 0 Å². The number of rotatable bonds is 2. The van der Waals surface area contributed by atoms with Gasteiger partial charge in [0, 0.05) is 44.5 Å². The molecule has 12 rings (SSSR count). The minimum atomic E-state index is -0.169. The third kappa shape index (κ3) is 3.52. The smallest absolute Gasteiger partial charge is 0.135 e. The van der Waals surface area contributed by atoms with Crippen LogP contribution in [0.25, 0.3) is 77.3 Å². The summed E-state index contributed by atoms with van der Waals surface area (Å²) in [4.78, 5) is 0. The lowest BCUT2D eigenvalue weighted by Gasteiger charge is -2.31. The van der Waals surface area contributed by atoms with Crippen LogP contribution in [0.4, 0.5) is 0 Å². The Morgan fingerprint density at radius 2 is 1.20 bits per heavy atom. The van der Waals surface area contributed by atoms with Gasteiger partial charge in [0.25, 0.3) is 0 Å². The van der Waals surface area contributed by atoms with Gasteiger partial charge in [-0.3, -0.25) is 0 Å². The Hall–Kier alpha value is -6.12. The lowest BCUT2D eigenvalue weighted by molar-refractivity contribution is 0.647. The summed E-state index contributed by atoms with van der Waals surface area (Å²) in [7, 11) is 0. The fourth-order valence-corrected chi connectivity index (χ4v) is 10.0. The van der Waals surface area contributed by atoms with Gasteiger partial charge in [-0.25, -0.2) is 0 Å². The van der Waals surface area contributed by atoms with Gasteiger partial charge >= 0.3 is 0 Å². The second-order valence-corrected chi connectivity index (χ2v) is 15.2. The molecule has 4 aliphatic carbocycles. The Balaban J connectivity index is 1.00. The molecular weight excluding hydrogens is 619 g/mol. The standard InChI is InChI=1S/C49H33NO/c1-49(2)42-26-45-40(24-38(42)39-25-41-34-13-6-8-17-46(34)51-47(41)27-43(39)49)33-12-5-7-16-44(33)50(45)29-20-18-28(19-21-29)30-22-23-37-32-11-4-3-10-31(32)36-15-9-14-35(30)48(36)37/h3-27,35,48H,1-2H3. The molecule has 0 aliphatic heterocycles. The molecule has 4 aliphatic rings. The Bertz CT molecular complexity index is 2990. The van der Waals surface area contributed by atoms with E-state index in [-0.39, 0.29) is 5.41 Å². The maximum absolute atomic E-state index is 6.36. The average molecular weight is 652 g/mol. The molecule has 2 unspecified atom stereocenters. The largest absolute Gasteiger partial charge is 0.456 e. The van der Waals surface area contributed by atoms with Gasteiger partial charge in [-0.15, -0.1) is 0 Å². The van der Waals surface area contributed by atoms with Gasteiger partial charge in [0.1, 0.15) is 11.2 Å². The Morgan fingerprint density at radius 1 is 0.529 bits per heavy atom. The summed E-state index contributed by atoms with van der Waals surface area (Å²) in [6.07, 6.45) is 11.7. The van der Waals surface area contributed by atoms with Crippen molar-refractivity contribution < 1.29 is 4.42 Å². The van der Waals surface area contributed by atoms with Crippen LogP contribution in [0.15, 0.2) is 156 Å². The highest BCUT2D eigenvalue weighted by molar-refractivity contribution is 6.13. The van der Waals surface area contributed by atoms with Crippen LogP contribution in [-0.2, 0) is 5.41 Å². The van der Waals surface area contributed by atoms with E-state index in [4.69, 9.17) is 4.42 Å². The average Bonchev–Trinajstić information content (AvgIpc) is 3.87.